The topological polar surface area (TPSA) is 24.1 Å². The van der Waals surface area contributed by atoms with Crippen LogP contribution in [-0.2, 0) is 11.1 Å². The van der Waals surface area contributed by atoms with Gasteiger partial charge >= 0.3 is 0 Å². The van der Waals surface area contributed by atoms with E-state index in [9.17, 15) is 0 Å². The van der Waals surface area contributed by atoms with Gasteiger partial charge in [0, 0.05) is 0 Å². The van der Waals surface area contributed by atoms with Crippen molar-refractivity contribution in [1.82, 2.24) is 10.2 Å². The normalized spacial score (nSPS) is 11.6. The maximum absolute atomic E-state index is 6.23. The minimum absolute atomic E-state index is 0.584. The summed E-state index contributed by atoms with van der Waals surface area (Å²) in [5.41, 5.74) is 5.45. The SMILES string of the molecule is ClP(Cl)NC(c1ccccc1)(c1ccccc1)c1ccccc1.ClP(Cl)NC(c1ccccc1)(c1ccccc1)c1ccccc1. The van der Waals surface area contributed by atoms with E-state index >= 15 is 0 Å². The summed E-state index contributed by atoms with van der Waals surface area (Å²) in [5.74, 6) is 0. The quantitative estimate of drug-likeness (QED) is 0.109. The van der Waals surface area contributed by atoms with Gasteiger partial charge in [0.05, 0.1) is 11.1 Å². The molecule has 2 N–H and O–H groups in total. The molecule has 0 saturated carbocycles. The zero-order valence-electron chi connectivity index (χ0n) is 24.7. The molecule has 46 heavy (non-hydrogen) atoms. The average molecular weight is 720 g/mol. The third kappa shape index (κ3) is 8.03. The van der Waals surface area contributed by atoms with Crippen molar-refractivity contribution in [3.8, 4) is 0 Å². The first kappa shape index (κ1) is 34.6. The molecule has 0 aliphatic carbocycles. The first-order chi connectivity index (χ1) is 22.5. The van der Waals surface area contributed by atoms with Crippen LogP contribution < -0.4 is 10.2 Å². The van der Waals surface area contributed by atoms with Crippen molar-refractivity contribution in [3.05, 3.63) is 215 Å². The van der Waals surface area contributed by atoms with Crippen LogP contribution in [0.5, 0.6) is 0 Å². The van der Waals surface area contributed by atoms with Crippen LogP contribution in [0, 0.1) is 0 Å². The molecule has 6 aromatic carbocycles. The second-order valence-corrected chi connectivity index (χ2v) is 16.9. The lowest BCUT2D eigenvalue weighted by molar-refractivity contribution is 0.599. The fourth-order valence-corrected chi connectivity index (χ4v) is 8.57. The largest absolute Gasteiger partial charge is 0.253 e. The molecule has 0 aromatic heterocycles. The number of rotatable bonds is 10. The second-order valence-electron chi connectivity index (χ2n) is 10.4. The molecule has 8 heteroatoms. The second kappa shape index (κ2) is 16.9. The van der Waals surface area contributed by atoms with Crippen molar-refractivity contribution < 1.29 is 0 Å². The van der Waals surface area contributed by atoms with Crippen LogP contribution >= 0.6 is 58.5 Å². The summed E-state index contributed by atoms with van der Waals surface area (Å²) in [5, 5.41) is 6.88. The molecule has 0 saturated heterocycles. The molecule has 0 bridgehead atoms. The van der Waals surface area contributed by atoms with Gasteiger partial charge in [0.2, 0.25) is 0 Å². The van der Waals surface area contributed by atoms with Gasteiger partial charge in [-0.15, -0.1) is 0 Å². The average Bonchev–Trinajstić information content (AvgIpc) is 3.12. The fraction of sp³-hybridized carbons (Fsp3) is 0.0526. The van der Waals surface area contributed by atoms with Crippen LogP contribution in [0.25, 0.3) is 0 Å². The maximum atomic E-state index is 6.23. The van der Waals surface area contributed by atoms with Gasteiger partial charge in [-0.2, -0.15) is 0 Å². The molecular formula is C38H32Cl4N2P2. The number of benzene rings is 6. The molecule has 0 heterocycles. The minimum atomic E-state index is -1.36. The predicted octanol–water partition coefficient (Wildman–Crippen LogP) is 12.5. The van der Waals surface area contributed by atoms with E-state index in [0.29, 0.717) is 0 Å². The number of nitrogens with one attached hydrogen (secondary N) is 2. The minimum Gasteiger partial charge on any atom is -0.253 e. The molecule has 0 fully saturated rings. The molecule has 232 valence electrons. The van der Waals surface area contributed by atoms with E-state index in [1.165, 1.54) is 0 Å². The monoisotopic (exact) mass is 718 g/mol. The van der Waals surface area contributed by atoms with E-state index < -0.39 is 24.6 Å². The highest BCUT2D eigenvalue weighted by atomic mass is 35.9. The van der Waals surface area contributed by atoms with E-state index in [0.717, 1.165) is 33.4 Å². The van der Waals surface area contributed by atoms with Gasteiger partial charge < -0.3 is 0 Å². The first-order valence-electron chi connectivity index (χ1n) is 14.6. The Hall–Kier alpha value is -2.74. The van der Waals surface area contributed by atoms with Gasteiger partial charge in [-0.3, -0.25) is 10.2 Å². The molecule has 0 atom stereocenters. The van der Waals surface area contributed by atoms with Gasteiger partial charge in [-0.1, -0.05) is 227 Å². The van der Waals surface area contributed by atoms with Crippen LogP contribution in [0.15, 0.2) is 182 Å². The third-order valence-corrected chi connectivity index (χ3v) is 9.77. The van der Waals surface area contributed by atoms with E-state index in [2.05, 4.69) is 83.0 Å². The van der Waals surface area contributed by atoms with Gasteiger partial charge in [-0.25, -0.2) is 0 Å². The van der Waals surface area contributed by atoms with E-state index in [1.54, 1.807) is 0 Å². The Bertz CT molecular complexity index is 1410. The lowest BCUT2D eigenvalue weighted by Gasteiger charge is -2.37. The summed E-state index contributed by atoms with van der Waals surface area (Å²) in [4.78, 5) is 0. The van der Waals surface area contributed by atoms with E-state index in [4.69, 9.17) is 45.0 Å². The van der Waals surface area contributed by atoms with Crippen molar-refractivity contribution >= 4 is 58.5 Å². The predicted molar refractivity (Wildman–Crippen MR) is 202 cm³/mol. The Labute approximate surface area is 293 Å². The molecule has 0 spiro atoms. The van der Waals surface area contributed by atoms with Crippen molar-refractivity contribution in [1.29, 1.82) is 0 Å². The van der Waals surface area contributed by atoms with Crippen LogP contribution in [0.3, 0.4) is 0 Å². The molecular weight excluding hydrogens is 688 g/mol. The highest BCUT2D eigenvalue weighted by Crippen LogP contribution is 2.51. The summed E-state index contributed by atoms with van der Waals surface area (Å²) >= 11 is 24.9. The van der Waals surface area contributed by atoms with Crippen LogP contribution in [-0.4, -0.2) is 0 Å². The highest BCUT2D eigenvalue weighted by molar-refractivity contribution is 8.02. The smallest absolute Gasteiger partial charge is 0.158 e. The Balaban J connectivity index is 0.000000181. The summed E-state index contributed by atoms with van der Waals surface area (Å²) in [6.07, 6.45) is 0. The molecule has 6 aromatic rings. The van der Waals surface area contributed by atoms with Crippen LogP contribution in [0.2, 0.25) is 0 Å². The summed E-state index contributed by atoms with van der Waals surface area (Å²) in [6, 6.07) is 61.6. The lowest BCUT2D eigenvalue weighted by atomic mass is 9.78. The zero-order chi connectivity index (χ0) is 32.2. The third-order valence-electron chi connectivity index (χ3n) is 7.75. The maximum Gasteiger partial charge on any atom is 0.158 e. The van der Waals surface area contributed by atoms with E-state index in [-0.39, 0.29) is 0 Å². The Morgan fingerprint density at radius 1 is 0.283 bits per heavy atom. The first-order valence-corrected chi connectivity index (χ1v) is 20.9. The fourth-order valence-electron chi connectivity index (χ4n) is 5.77. The molecule has 6 rings (SSSR count). The molecule has 0 unspecified atom stereocenters. The van der Waals surface area contributed by atoms with Crippen molar-refractivity contribution in [2.24, 2.45) is 0 Å². The molecule has 0 aliphatic heterocycles. The molecule has 0 aliphatic rings. The van der Waals surface area contributed by atoms with Crippen LogP contribution in [0.1, 0.15) is 33.4 Å². The van der Waals surface area contributed by atoms with E-state index in [1.807, 2.05) is 109 Å². The summed E-state index contributed by atoms with van der Waals surface area (Å²) in [7, 11) is 0. The van der Waals surface area contributed by atoms with Gasteiger partial charge in [0.1, 0.15) is 0 Å². The van der Waals surface area contributed by atoms with Gasteiger partial charge in [0.25, 0.3) is 0 Å². The van der Waals surface area contributed by atoms with Crippen molar-refractivity contribution in [2.75, 3.05) is 0 Å². The zero-order valence-corrected chi connectivity index (χ0v) is 29.5. The lowest BCUT2D eigenvalue weighted by Crippen LogP contribution is -2.40. The number of hydrogen-bond acceptors (Lipinski definition) is 2. The summed E-state index contributed by atoms with van der Waals surface area (Å²) in [6.45, 7) is -2.73. The Kier molecular flexibility index (Phi) is 12.7. The van der Waals surface area contributed by atoms with Gasteiger partial charge in [-0.05, 0) is 33.4 Å². The van der Waals surface area contributed by atoms with Crippen LogP contribution in [0.4, 0.5) is 0 Å². The van der Waals surface area contributed by atoms with Gasteiger partial charge in [0.15, 0.2) is 13.6 Å². The number of halogens is 4. The Morgan fingerprint density at radius 2 is 0.435 bits per heavy atom. The molecule has 2 nitrogen and oxygen atoms in total. The highest BCUT2D eigenvalue weighted by Gasteiger charge is 2.38. The summed E-state index contributed by atoms with van der Waals surface area (Å²) < 4.78 is 0. The Morgan fingerprint density at radius 3 is 0.565 bits per heavy atom. The number of hydrogen-bond donors (Lipinski definition) is 2. The van der Waals surface area contributed by atoms with Crippen molar-refractivity contribution in [2.45, 2.75) is 11.1 Å². The molecule has 0 radical (unpaired) electrons. The van der Waals surface area contributed by atoms with Crippen molar-refractivity contribution in [3.63, 3.8) is 0 Å². The standard InChI is InChI=1S/2C19H16Cl2NP/c2*20-23(21)22-19(16-10-4-1-5-11-16,17-12-6-2-7-13-17)18-14-8-3-9-15-18/h2*1-15,22H. The molecule has 0 amide bonds.